The van der Waals surface area contributed by atoms with Crippen LogP contribution in [0.2, 0.25) is 0 Å². The van der Waals surface area contributed by atoms with Gasteiger partial charge in [0.15, 0.2) is 0 Å². The Morgan fingerprint density at radius 3 is 1.09 bits per heavy atom. The first-order chi connectivity index (χ1) is 26.9. The normalized spacial score (nSPS) is 12.1. The first kappa shape index (κ1) is 48.3. The van der Waals surface area contributed by atoms with E-state index in [9.17, 15) is 5.53 Å². The minimum Gasteiger partial charge on any atom is -0.493 e. The monoisotopic (exact) mass is 795 g/mol. The molecule has 56 heavy (non-hydrogen) atoms. The van der Waals surface area contributed by atoms with Crippen molar-refractivity contribution in [2.24, 2.45) is 0 Å². The molecule has 0 saturated carbocycles. The minimum atomic E-state index is 0. The summed E-state index contributed by atoms with van der Waals surface area (Å²) in [5, 5.41) is 0. The van der Waals surface area contributed by atoms with E-state index in [2.05, 4.69) is 90.1 Å². The Labute approximate surface area is 353 Å². The minimum absolute atomic E-state index is 0. The van der Waals surface area contributed by atoms with Crippen LogP contribution in [0.3, 0.4) is 0 Å². The van der Waals surface area contributed by atoms with Crippen molar-refractivity contribution < 1.29 is 21.2 Å². The molecule has 1 aliphatic rings. The van der Waals surface area contributed by atoms with Crippen LogP contribution in [0.1, 0.15) is 170 Å². The molecule has 0 atom stereocenters. The van der Waals surface area contributed by atoms with Crippen LogP contribution in [0.5, 0.6) is 0 Å². The average Bonchev–Trinajstić information content (AvgIpc) is 3.48. The summed E-state index contributed by atoms with van der Waals surface area (Å²) in [6, 6.07) is 37.8. The van der Waals surface area contributed by atoms with Crippen LogP contribution < -0.4 is 0 Å². The Morgan fingerprint density at radius 2 is 0.750 bits per heavy atom. The number of hydrogen-bond donors (Lipinski definition) is 0. The molecule has 3 heteroatoms. The van der Waals surface area contributed by atoms with E-state index in [-0.39, 0.29) is 16.5 Å². The Hall–Kier alpha value is -3.81. The molecule has 0 aromatic heterocycles. The van der Waals surface area contributed by atoms with Crippen LogP contribution in [0.4, 0.5) is 0 Å². The standard InChI is InChI=1S/C39H58N2.2C7H7.Ni/c1-5-9-13-17-22-32-24-20-26-34(30-32)38-36(28-16-12-8-4)37(29-19-15-11-7-3)39(41(38)40)35-27-21-25-33(31-35)23-18-14-10-6-2;2*1-7-5-3-2-4-6-7;/h20-21,24-27,30-31H,5-19,22-23,28-29H2,1-4H3;2*2-6H,1H2;/q;2*-1;+2. The van der Waals surface area contributed by atoms with E-state index in [1.807, 2.05) is 60.7 Å². The zero-order valence-corrected chi connectivity index (χ0v) is 36.4. The van der Waals surface area contributed by atoms with Gasteiger partial charge in [-0.2, -0.15) is 49.2 Å². The predicted octanol–water partition coefficient (Wildman–Crippen LogP) is 16.4. The second kappa shape index (κ2) is 29.4. The molecule has 0 fully saturated rings. The third-order valence-electron chi connectivity index (χ3n) is 10.4. The van der Waals surface area contributed by atoms with Crippen LogP contribution in [0.15, 0.2) is 120 Å². The maximum absolute atomic E-state index is 12.0. The smallest absolute Gasteiger partial charge is 0.493 e. The zero-order valence-electron chi connectivity index (χ0n) is 35.5. The molecule has 0 unspecified atom stereocenters. The molecule has 0 amide bonds. The molecule has 1 heterocycles. The van der Waals surface area contributed by atoms with Gasteiger partial charge in [-0.15, -0.1) is 24.3 Å². The fourth-order valence-corrected chi connectivity index (χ4v) is 7.28. The summed E-state index contributed by atoms with van der Waals surface area (Å²) in [5.41, 5.74) is 24.1. The Kier molecular flexibility index (Phi) is 25.4. The van der Waals surface area contributed by atoms with E-state index in [1.54, 1.807) is 4.70 Å². The fourth-order valence-electron chi connectivity index (χ4n) is 7.28. The molecule has 5 rings (SSSR count). The van der Waals surface area contributed by atoms with Gasteiger partial charge in [0.05, 0.1) is 0 Å². The maximum atomic E-state index is 12.0. The molecule has 0 saturated heterocycles. The molecule has 0 aliphatic carbocycles. The Balaban J connectivity index is 0.000000599. The van der Waals surface area contributed by atoms with Crippen molar-refractivity contribution in [2.75, 3.05) is 0 Å². The van der Waals surface area contributed by atoms with Gasteiger partial charge in [-0.1, -0.05) is 135 Å². The van der Waals surface area contributed by atoms with E-state index in [1.165, 1.54) is 130 Å². The molecule has 0 radical (unpaired) electrons. The third kappa shape index (κ3) is 17.6. The number of aryl methyl sites for hydroxylation is 2. The van der Waals surface area contributed by atoms with Crippen LogP contribution in [-0.4, -0.2) is 4.70 Å². The largest absolute Gasteiger partial charge is 2.00 e. The zero-order chi connectivity index (χ0) is 39.5. The molecule has 4 aromatic rings. The summed E-state index contributed by atoms with van der Waals surface area (Å²) < 4.78 is 1.59. The van der Waals surface area contributed by atoms with E-state index >= 15 is 0 Å². The fraction of sp³-hybridized carbons (Fsp3) is 0.434. The van der Waals surface area contributed by atoms with Gasteiger partial charge >= 0.3 is 16.5 Å². The summed E-state index contributed by atoms with van der Waals surface area (Å²) in [6.07, 6.45) is 23.1. The van der Waals surface area contributed by atoms with E-state index in [4.69, 9.17) is 0 Å². The first-order valence-electron chi connectivity index (χ1n) is 21.8. The van der Waals surface area contributed by atoms with Crippen LogP contribution in [0.25, 0.3) is 16.9 Å². The molecule has 1 aliphatic heterocycles. The Morgan fingerprint density at radius 1 is 0.411 bits per heavy atom. The second-order valence-corrected chi connectivity index (χ2v) is 15.2. The van der Waals surface area contributed by atoms with E-state index in [0.717, 1.165) is 48.2 Å². The van der Waals surface area contributed by atoms with Gasteiger partial charge in [-0.25, -0.2) is 4.70 Å². The van der Waals surface area contributed by atoms with Crippen molar-refractivity contribution in [3.8, 4) is 0 Å². The van der Waals surface area contributed by atoms with E-state index in [0.29, 0.717) is 0 Å². The number of allylic oxidation sites excluding steroid dienone is 2. The number of unbranched alkanes of at least 4 members (excludes halogenated alkanes) is 11. The molecule has 0 spiro atoms. The summed E-state index contributed by atoms with van der Waals surface area (Å²) >= 11 is 0. The number of hydrogen-bond acceptors (Lipinski definition) is 0. The van der Waals surface area contributed by atoms with Crippen LogP contribution >= 0.6 is 0 Å². The quantitative estimate of drug-likeness (QED) is 0.0347. The van der Waals surface area contributed by atoms with Gasteiger partial charge in [0.1, 0.15) is 0 Å². The van der Waals surface area contributed by atoms with Crippen molar-refractivity contribution in [1.29, 1.82) is 0 Å². The molecule has 4 aromatic carbocycles. The van der Waals surface area contributed by atoms with Gasteiger partial charge in [-0.3, -0.25) is 0 Å². The van der Waals surface area contributed by atoms with Gasteiger partial charge in [-0.05, 0) is 86.8 Å². The number of nitrogens with zero attached hydrogens (tertiary/aromatic N) is 2. The summed E-state index contributed by atoms with van der Waals surface area (Å²) in [7, 11) is 0. The average molecular weight is 796 g/mol. The molecular formula is C53H72N2Ni. The summed E-state index contributed by atoms with van der Waals surface area (Å²) in [4.78, 5) is 0. The van der Waals surface area contributed by atoms with Gasteiger partial charge in [0, 0.05) is 22.3 Å². The van der Waals surface area contributed by atoms with Gasteiger partial charge in [0.2, 0.25) is 11.4 Å². The van der Waals surface area contributed by atoms with Crippen molar-refractivity contribution in [1.82, 2.24) is 0 Å². The van der Waals surface area contributed by atoms with Crippen molar-refractivity contribution in [3.05, 3.63) is 173 Å². The van der Waals surface area contributed by atoms with Gasteiger partial charge < -0.3 is 5.53 Å². The number of benzene rings is 4. The van der Waals surface area contributed by atoms with Crippen LogP contribution in [0, 0.1) is 13.8 Å². The Bertz CT molecular complexity index is 1660. The molecular weight excluding hydrogens is 723 g/mol. The second-order valence-electron chi connectivity index (χ2n) is 15.2. The maximum Gasteiger partial charge on any atom is 2.00 e. The SMILES string of the molecule is CCCCCCC1=C(c2cccc(CCCCCC)c2)[N+](=[N-])C(c2cccc(CCCCCC)c2)=C1CCCCC.[CH2-]c1ccccc1.[CH2-]c1ccccc1.[Ni+2]. The van der Waals surface area contributed by atoms with Crippen molar-refractivity contribution in [3.63, 3.8) is 0 Å². The molecule has 0 bridgehead atoms. The van der Waals surface area contributed by atoms with Crippen LogP contribution in [-0.2, 0) is 29.3 Å². The summed E-state index contributed by atoms with van der Waals surface area (Å²) in [5.74, 6) is 0. The predicted molar refractivity (Wildman–Crippen MR) is 241 cm³/mol. The summed E-state index contributed by atoms with van der Waals surface area (Å²) in [6.45, 7) is 16.6. The molecule has 0 N–H and O–H groups in total. The van der Waals surface area contributed by atoms with Crippen molar-refractivity contribution in [2.45, 2.75) is 150 Å². The topological polar surface area (TPSA) is 25.3 Å². The van der Waals surface area contributed by atoms with Gasteiger partial charge in [0.25, 0.3) is 0 Å². The third-order valence-corrected chi connectivity index (χ3v) is 10.4. The first-order valence-corrected chi connectivity index (χ1v) is 21.8. The number of rotatable bonds is 21. The molecule has 304 valence electrons. The molecule has 2 nitrogen and oxygen atoms in total. The van der Waals surface area contributed by atoms with E-state index < -0.39 is 0 Å². The van der Waals surface area contributed by atoms with Crippen molar-refractivity contribution >= 4 is 11.4 Å².